The zero-order valence-electron chi connectivity index (χ0n) is 68.1. The van der Waals surface area contributed by atoms with Crippen LogP contribution in [0.1, 0.15) is 119 Å². The number of nitrogens with zero attached hydrogens (tertiary/aromatic N) is 6. The van der Waals surface area contributed by atoms with Gasteiger partial charge >= 0.3 is 11.9 Å². The van der Waals surface area contributed by atoms with Crippen LogP contribution in [-0.4, -0.2) is 99.8 Å². The molecule has 5 N–H and O–H groups in total. The van der Waals surface area contributed by atoms with E-state index in [4.69, 9.17) is 20.8 Å². The zero-order valence-corrected chi connectivity index (χ0v) is 71.3. The molecule has 23 heteroatoms. The van der Waals surface area contributed by atoms with Crippen molar-refractivity contribution in [3.8, 4) is 28.0 Å². The summed E-state index contributed by atoms with van der Waals surface area (Å²) in [5.41, 5.74) is 19.6. The van der Waals surface area contributed by atoms with Gasteiger partial charge in [0.15, 0.2) is 17.3 Å². The van der Waals surface area contributed by atoms with E-state index in [0.717, 1.165) is 171 Å². The number of thioether (sulfide) groups is 1. The van der Waals surface area contributed by atoms with Crippen LogP contribution in [0.3, 0.4) is 0 Å². The van der Waals surface area contributed by atoms with Crippen LogP contribution in [0, 0.1) is 6.92 Å². The number of nitrogens with one attached hydrogen (secondary N) is 3. The number of oxazole rings is 1. The van der Waals surface area contributed by atoms with Gasteiger partial charge in [0.25, 0.3) is 20.6 Å². The molecule has 616 valence electrons. The fourth-order valence-electron chi connectivity index (χ4n) is 16.5. The topological polar surface area (TPSA) is 220 Å². The number of amides is 1. The number of hydrogen-bond donors (Lipinski definition) is 5. The third-order valence-corrected chi connectivity index (χ3v) is 25.9. The van der Waals surface area contributed by atoms with Crippen LogP contribution in [0.2, 0.25) is 5.02 Å². The van der Waals surface area contributed by atoms with E-state index in [-0.39, 0.29) is 24.6 Å². The largest absolute Gasteiger partial charge is 0.548 e. The molecule has 6 heterocycles. The number of carbonyl (C=O) groups is 3. The molecule has 9 aromatic carbocycles. The molecule has 119 heavy (non-hydrogen) atoms. The number of anilines is 4. The zero-order chi connectivity index (χ0) is 83.1. The highest BCUT2D eigenvalue weighted by atomic mass is 35.5. The number of hydrogen-bond acceptors (Lipinski definition) is 15. The lowest BCUT2D eigenvalue weighted by Crippen LogP contribution is -3.03. The van der Waals surface area contributed by atoms with Crippen LogP contribution < -0.4 is 54.1 Å². The average Bonchev–Trinajstić information content (AvgIpc) is 1.61. The molecule has 0 radical (unpaired) electrons. The van der Waals surface area contributed by atoms with E-state index >= 15 is 0 Å². The summed E-state index contributed by atoms with van der Waals surface area (Å²) in [7, 11) is -4.07. The second-order valence-electron chi connectivity index (χ2n) is 30.5. The standard InChI is InChI=1S/C50H52N4O6S3.C46H50ClN5O4/c1-3-36(29-49-53(25-12-26-63(57,58)59)44-30-39(20-22-47(44)62-49)37-13-5-4-6-14-37)28-48-52(43-27-35(2)19-21-46(43)61-48)24-10-9-23-51-34-60-42-18-11-17-41(32-42)54-33-40-16-8-7-15-38(40)31-45(54)50(55)56;1-4-32(29-45-50(6-3)39-16-10-11-17-42(39)56-45)28-44-49(5-2)38-21-18-34(33-14-8-7-9-15-33)31-41(38)52(44)26-13-12-25-48-43(53)24-27-51-37-23-20-36(47)30-35(37)19-22-40(51)46(54)55/h4-8,11,13-22,27-30,32,45,51H,3,9-10,12,23-26,31,33-34H2,1-2H3,(H-,55,56,57,58,59);7-11,14-18,20-21,23,28-31,40H,4-6,12-13,19,22,24-27H2,1-3H3,(H-,48,53,54,55)/p+2. The molecule has 4 aliphatic heterocycles. The maximum atomic E-state index is 13.1. The van der Waals surface area contributed by atoms with Crippen molar-refractivity contribution in [1.82, 2.24) is 10.6 Å². The number of unbranched alkanes of at least 4 members (excludes halogenated alkanes) is 2. The van der Waals surface area contributed by atoms with Crippen molar-refractivity contribution in [2.24, 2.45) is 0 Å². The van der Waals surface area contributed by atoms with Crippen molar-refractivity contribution in [3.63, 3.8) is 0 Å². The summed E-state index contributed by atoms with van der Waals surface area (Å²) < 4.78 is 51.3. The summed E-state index contributed by atoms with van der Waals surface area (Å²) in [5, 5.41) is 31.5. The van der Waals surface area contributed by atoms with Crippen molar-refractivity contribution in [2.45, 2.75) is 142 Å². The number of carboxylic acid groups (broad SMARTS) is 2. The Bertz CT molecular complexity index is 5730. The molecule has 15 rings (SSSR count). The van der Waals surface area contributed by atoms with Crippen LogP contribution >= 0.6 is 34.7 Å². The number of aromatic nitrogens is 2. The number of benzene rings is 9. The molecule has 4 aliphatic rings. The molecular weight excluding hydrogens is 1570 g/mol. The second kappa shape index (κ2) is 39.4. The molecule has 3 atom stereocenters. The van der Waals surface area contributed by atoms with Crippen molar-refractivity contribution in [1.29, 1.82) is 0 Å². The summed E-state index contributed by atoms with van der Waals surface area (Å²) >= 11 is 9.73. The molecule has 11 aromatic rings. The third-order valence-electron chi connectivity index (χ3n) is 22.6. The predicted octanol–water partition coefficient (Wildman–Crippen LogP) is 16.7. The molecule has 0 saturated heterocycles. The number of halogens is 1. The summed E-state index contributed by atoms with van der Waals surface area (Å²) in [5.74, 6) is 0.307. The second-order valence-corrected chi connectivity index (χ2v) is 34.6. The molecular formula is C96H104ClN9O10S3+2. The van der Waals surface area contributed by atoms with Crippen molar-refractivity contribution >= 4 is 125 Å². The lowest BCUT2D eigenvalue weighted by Gasteiger charge is -2.39. The first-order valence-corrected chi connectivity index (χ1v) is 45.1. The molecule has 2 aromatic heterocycles. The third kappa shape index (κ3) is 20.6. The Hall–Kier alpha value is -10.8. The normalized spacial score (nSPS) is 16.5. The van der Waals surface area contributed by atoms with Crippen molar-refractivity contribution < 1.29 is 60.8 Å². The first-order valence-electron chi connectivity index (χ1n) is 41.5. The summed E-state index contributed by atoms with van der Waals surface area (Å²) in [6, 6.07) is 68.6. The molecule has 0 spiro atoms. The molecule has 1 amide bonds. The van der Waals surface area contributed by atoms with Gasteiger partial charge in [-0.25, -0.2) is 4.79 Å². The van der Waals surface area contributed by atoms with E-state index in [2.05, 4.69) is 192 Å². The van der Waals surface area contributed by atoms with E-state index in [9.17, 15) is 37.6 Å². The quantitative estimate of drug-likeness (QED) is 0.0112. The monoisotopic (exact) mass is 1670 g/mol. The number of aliphatic carboxylic acids is 2. The Balaban J connectivity index is 0.000000197. The first kappa shape index (κ1) is 84.6. The van der Waals surface area contributed by atoms with E-state index in [1.807, 2.05) is 102 Å². The number of thiazole rings is 1. The SMILES string of the molecule is CCC(/C=C1\Sc2ccc(-c3ccccc3)cc2[NH+]1CCCS(=O)(=O)O)=C\c1sc2ccc(C)cc2[n+]1CCCCNCOc1cccc(N2Cc3ccccc3CC2C(=O)O)c1.CCC(=Cc1oc2ccccc2[n+]1CC)C=C1N(CC)c2ccc(-c3ccccc3)cc2N1CCCCNC(=O)CCN1c2ccc(Cl)cc2CCC1C(=O)[O-]. The van der Waals surface area contributed by atoms with Gasteiger partial charge in [0.05, 0.1) is 46.7 Å². The molecule has 0 aliphatic carbocycles. The lowest BCUT2D eigenvalue weighted by molar-refractivity contribution is -0.780. The predicted molar refractivity (Wildman–Crippen MR) is 478 cm³/mol. The van der Waals surface area contributed by atoms with Gasteiger partial charge in [0.1, 0.15) is 35.6 Å². The van der Waals surface area contributed by atoms with Gasteiger partial charge < -0.3 is 49.1 Å². The summed E-state index contributed by atoms with van der Waals surface area (Å²) in [4.78, 5) is 48.1. The number of aryl methyl sites for hydroxylation is 4. The molecule has 0 bridgehead atoms. The number of fused-ring (bicyclic) bond motifs is 6. The van der Waals surface area contributed by atoms with Crippen LogP contribution in [0.15, 0.2) is 250 Å². The van der Waals surface area contributed by atoms with E-state index in [1.165, 1.54) is 37.6 Å². The fraction of sp³-hybridized carbons (Fsp3) is 0.302. The average molecular weight is 1680 g/mol. The Labute approximate surface area is 711 Å². The summed E-state index contributed by atoms with van der Waals surface area (Å²) in [6.07, 6.45) is 16.2. The minimum absolute atomic E-state index is 0.104. The van der Waals surface area contributed by atoms with Crippen molar-refractivity contribution in [3.05, 3.63) is 279 Å². The van der Waals surface area contributed by atoms with Crippen LogP contribution in [0.25, 0.3) is 55.7 Å². The number of quaternary nitrogens is 1. The van der Waals surface area contributed by atoms with Crippen LogP contribution in [0.4, 0.5) is 28.4 Å². The number of rotatable bonds is 33. The van der Waals surface area contributed by atoms with Gasteiger partial charge in [-0.1, -0.05) is 158 Å². The molecule has 0 saturated carbocycles. The smallest absolute Gasteiger partial charge is 0.374 e. The highest BCUT2D eigenvalue weighted by Gasteiger charge is 2.36. The number of para-hydroxylation sites is 2. The van der Waals surface area contributed by atoms with Gasteiger partial charge in [0, 0.05) is 111 Å². The number of carbonyl (C=O) groups excluding carboxylic acids is 2. The van der Waals surface area contributed by atoms with Gasteiger partial charge in [-0.3, -0.25) is 19.6 Å². The van der Waals surface area contributed by atoms with Gasteiger partial charge in [-0.15, -0.1) is 0 Å². The van der Waals surface area contributed by atoms with Gasteiger partial charge in [-0.2, -0.15) is 17.6 Å². The number of ether oxygens (including phenoxy) is 1. The first-order chi connectivity index (χ1) is 57.8. The van der Waals surface area contributed by atoms with Crippen molar-refractivity contribution in [2.75, 3.05) is 71.4 Å². The van der Waals surface area contributed by atoms with E-state index in [1.54, 1.807) is 34.1 Å². The molecule has 19 nitrogen and oxygen atoms in total. The maximum absolute atomic E-state index is 13.1. The van der Waals surface area contributed by atoms with Gasteiger partial charge in [0.2, 0.25) is 17.0 Å². The lowest BCUT2D eigenvalue weighted by atomic mass is 9.93. The Morgan fingerprint density at radius 3 is 2.15 bits per heavy atom. The van der Waals surface area contributed by atoms with Gasteiger partial charge in [-0.05, 0) is 206 Å². The number of allylic oxidation sites excluding steroid dienone is 4. The summed E-state index contributed by atoms with van der Waals surface area (Å²) in [6.45, 7) is 17.0. The minimum Gasteiger partial charge on any atom is -0.548 e. The Morgan fingerprint density at radius 1 is 0.681 bits per heavy atom. The highest BCUT2D eigenvalue weighted by Crippen LogP contribution is 2.46. The fourth-order valence-corrected chi connectivity index (χ4v) is 19.5. The highest BCUT2D eigenvalue weighted by molar-refractivity contribution is 8.03. The number of carboxylic acids is 2. The van der Waals surface area contributed by atoms with E-state index in [0.29, 0.717) is 62.8 Å². The van der Waals surface area contributed by atoms with E-state index < -0.39 is 34.1 Å². The van der Waals surface area contributed by atoms with Crippen LogP contribution in [0.5, 0.6) is 5.75 Å². The minimum atomic E-state index is -4.07. The Morgan fingerprint density at radius 2 is 1.40 bits per heavy atom. The van der Waals surface area contributed by atoms with Crippen LogP contribution in [-0.2, 0) is 57.0 Å². The Kier molecular flexibility index (Phi) is 28.0. The molecule has 3 unspecified atom stereocenters. The molecule has 0 fully saturated rings. The maximum Gasteiger partial charge on any atom is 0.374 e.